The number of amidine groups is 1. The summed E-state index contributed by atoms with van der Waals surface area (Å²) in [5.41, 5.74) is 2.30. The minimum atomic E-state index is 0. The first-order valence-corrected chi connectivity index (χ1v) is 4.35. The van der Waals surface area contributed by atoms with E-state index >= 15 is 0 Å². The van der Waals surface area contributed by atoms with Crippen LogP contribution in [-0.4, -0.2) is 17.3 Å². The normalized spacial score (nSPS) is 13.4. The number of hydrogen-bond donors (Lipinski definition) is 1. The van der Waals surface area contributed by atoms with Gasteiger partial charge < -0.3 is 4.90 Å². The molecule has 0 amide bonds. The first-order valence-electron chi connectivity index (χ1n) is 4.35. The monoisotopic (exact) mass is 252 g/mol. The number of halogens is 1. The van der Waals surface area contributed by atoms with Crippen molar-refractivity contribution in [1.29, 1.82) is 5.41 Å². The molecule has 0 fully saturated rings. The zero-order valence-electron chi connectivity index (χ0n) is 7.86. The summed E-state index contributed by atoms with van der Waals surface area (Å²) in [7, 11) is 0. The highest BCUT2D eigenvalue weighted by Gasteiger charge is 2.21. The predicted molar refractivity (Wildman–Crippen MR) is 64.2 cm³/mol. The molecular formula is C11H13BrN2. The smallest absolute Gasteiger partial charge is 0.128 e. The Morgan fingerprint density at radius 2 is 2.14 bits per heavy atom. The fourth-order valence-electron chi connectivity index (χ4n) is 1.66. The molecule has 1 heterocycles. The highest BCUT2D eigenvalue weighted by atomic mass is 79.9. The van der Waals surface area contributed by atoms with E-state index in [1.807, 2.05) is 29.2 Å². The van der Waals surface area contributed by atoms with Gasteiger partial charge in [-0.1, -0.05) is 30.3 Å². The molecule has 0 unspecified atom stereocenters. The molecule has 14 heavy (non-hydrogen) atoms. The lowest BCUT2D eigenvalue weighted by Gasteiger charge is -2.14. The molecule has 1 aliphatic heterocycles. The van der Waals surface area contributed by atoms with Crippen molar-refractivity contribution < 1.29 is 0 Å². The van der Waals surface area contributed by atoms with Crippen molar-refractivity contribution in [2.45, 2.75) is 6.54 Å². The zero-order valence-corrected chi connectivity index (χ0v) is 9.58. The van der Waals surface area contributed by atoms with Gasteiger partial charge in [0.25, 0.3) is 0 Å². The van der Waals surface area contributed by atoms with Crippen LogP contribution >= 0.6 is 17.0 Å². The van der Waals surface area contributed by atoms with E-state index in [1.165, 1.54) is 5.56 Å². The number of nitrogens with one attached hydrogen (secondary N) is 1. The van der Waals surface area contributed by atoms with Crippen molar-refractivity contribution in [2.24, 2.45) is 0 Å². The first-order chi connectivity index (χ1) is 6.33. The lowest BCUT2D eigenvalue weighted by atomic mass is 10.1. The molecule has 0 bridgehead atoms. The molecule has 0 saturated carbocycles. The number of rotatable bonds is 2. The number of fused-ring (bicyclic) bond motifs is 1. The van der Waals surface area contributed by atoms with Crippen LogP contribution in [0, 0.1) is 5.41 Å². The fraction of sp³-hybridized carbons (Fsp3) is 0.182. The van der Waals surface area contributed by atoms with Gasteiger partial charge in [0.2, 0.25) is 0 Å². The molecule has 1 aromatic rings. The second-order valence-electron chi connectivity index (χ2n) is 3.17. The molecule has 1 aliphatic rings. The largest absolute Gasteiger partial charge is 0.349 e. The second kappa shape index (κ2) is 4.42. The molecule has 2 nitrogen and oxygen atoms in total. The molecule has 0 aromatic heterocycles. The number of benzene rings is 1. The van der Waals surface area contributed by atoms with E-state index < -0.39 is 0 Å². The Morgan fingerprint density at radius 3 is 2.79 bits per heavy atom. The second-order valence-corrected chi connectivity index (χ2v) is 3.17. The minimum absolute atomic E-state index is 0. The maximum Gasteiger partial charge on any atom is 0.128 e. The fourth-order valence-corrected chi connectivity index (χ4v) is 1.66. The van der Waals surface area contributed by atoms with Crippen LogP contribution in [0.1, 0.15) is 11.1 Å². The topological polar surface area (TPSA) is 27.1 Å². The van der Waals surface area contributed by atoms with E-state index in [0.717, 1.165) is 18.7 Å². The zero-order chi connectivity index (χ0) is 9.26. The van der Waals surface area contributed by atoms with Crippen molar-refractivity contribution in [1.82, 2.24) is 4.90 Å². The van der Waals surface area contributed by atoms with Crippen LogP contribution in [-0.2, 0) is 6.54 Å². The first kappa shape index (κ1) is 11.0. The van der Waals surface area contributed by atoms with Gasteiger partial charge in [-0.05, 0) is 5.56 Å². The summed E-state index contributed by atoms with van der Waals surface area (Å²) < 4.78 is 0. The number of hydrogen-bond acceptors (Lipinski definition) is 1. The number of nitrogens with zero attached hydrogens (tertiary/aromatic N) is 1. The molecule has 1 aromatic carbocycles. The molecule has 0 radical (unpaired) electrons. The Balaban J connectivity index is 0.000000980. The summed E-state index contributed by atoms with van der Waals surface area (Å²) in [5, 5.41) is 7.87. The maximum atomic E-state index is 7.87. The minimum Gasteiger partial charge on any atom is -0.349 e. The molecule has 74 valence electrons. The van der Waals surface area contributed by atoms with Crippen molar-refractivity contribution in [2.75, 3.05) is 6.54 Å². The van der Waals surface area contributed by atoms with Crippen molar-refractivity contribution in [3.63, 3.8) is 0 Å². The quantitative estimate of drug-likeness (QED) is 0.806. The standard InChI is InChI=1S/C11H12N2.BrH/c1-2-7-13-8-9-5-3-4-6-10(9)11(13)12;/h2-6,12H,1,7-8H2;1H. The highest BCUT2D eigenvalue weighted by Crippen LogP contribution is 2.21. The molecular weight excluding hydrogens is 240 g/mol. The highest BCUT2D eigenvalue weighted by molar-refractivity contribution is 8.93. The molecule has 0 atom stereocenters. The Labute approximate surface area is 94.5 Å². The van der Waals surface area contributed by atoms with Crippen LogP contribution in [0.2, 0.25) is 0 Å². The molecule has 3 heteroatoms. The Bertz CT molecular complexity index is 360. The lowest BCUT2D eigenvalue weighted by molar-refractivity contribution is 0.475. The van der Waals surface area contributed by atoms with Gasteiger partial charge in [-0.3, -0.25) is 5.41 Å². The van der Waals surface area contributed by atoms with Crippen molar-refractivity contribution in [3.05, 3.63) is 48.0 Å². The van der Waals surface area contributed by atoms with E-state index in [1.54, 1.807) is 0 Å². The van der Waals surface area contributed by atoms with Crippen molar-refractivity contribution >= 4 is 22.8 Å². The third-order valence-electron chi connectivity index (χ3n) is 2.30. The summed E-state index contributed by atoms with van der Waals surface area (Å²) in [6.07, 6.45) is 1.83. The molecule has 0 aliphatic carbocycles. The lowest BCUT2D eigenvalue weighted by Crippen LogP contribution is -2.23. The summed E-state index contributed by atoms with van der Waals surface area (Å²) in [6, 6.07) is 8.07. The van der Waals surface area contributed by atoms with E-state index in [2.05, 4.69) is 12.6 Å². The van der Waals surface area contributed by atoms with Gasteiger partial charge in [0.05, 0.1) is 0 Å². The molecule has 0 saturated heterocycles. The van der Waals surface area contributed by atoms with Crippen LogP contribution in [0.3, 0.4) is 0 Å². The van der Waals surface area contributed by atoms with Crippen LogP contribution < -0.4 is 0 Å². The van der Waals surface area contributed by atoms with Gasteiger partial charge in [0.1, 0.15) is 5.84 Å². The van der Waals surface area contributed by atoms with Gasteiger partial charge in [0, 0.05) is 18.7 Å². The van der Waals surface area contributed by atoms with E-state index in [9.17, 15) is 0 Å². The third kappa shape index (κ3) is 1.73. The summed E-state index contributed by atoms with van der Waals surface area (Å²) in [6.45, 7) is 5.29. The Kier molecular flexibility index (Phi) is 3.47. The predicted octanol–water partition coefficient (Wildman–Crippen LogP) is 2.59. The summed E-state index contributed by atoms with van der Waals surface area (Å²) >= 11 is 0. The maximum absolute atomic E-state index is 7.87. The van der Waals surface area contributed by atoms with Gasteiger partial charge in [-0.25, -0.2) is 0 Å². The Hall–Kier alpha value is -1.09. The average molecular weight is 253 g/mol. The van der Waals surface area contributed by atoms with Crippen LogP contribution in [0.25, 0.3) is 0 Å². The summed E-state index contributed by atoms with van der Waals surface area (Å²) in [5.74, 6) is 0.621. The van der Waals surface area contributed by atoms with Gasteiger partial charge >= 0.3 is 0 Å². The van der Waals surface area contributed by atoms with Crippen molar-refractivity contribution in [3.8, 4) is 0 Å². The Morgan fingerprint density at radius 1 is 1.43 bits per heavy atom. The SMILES string of the molecule is Br.C=CCN1Cc2ccccc2C1=N. The molecule has 1 N–H and O–H groups in total. The average Bonchev–Trinajstić information content (AvgIpc) is 2.46. The van der Waals surface area contributed by atoms with Gasteiger partial charge in [-0.15, -0.1) is 23.6 Å². The van der Waals surface area contributed by atoms with Crippen LogP contribution in [0.4, 0.5) is 0 Å². The van der Waals surface area contributed by atoms with E-state index in [-0.39, 0.29) is 17.0 Å². The van der Waals surface area contributed by atoms with Crippen LogP contribution in [0.5, 0.6) is 0 Å². The van der Waals surface area contributed by atoms with E-state index in [0.29, 0.717) is 5.84 Å². The summed E-state index contributed by atoms with van der Waals surface area (Å²) in [4.78, 5) is 2.01. The third-order valence-corrected chi connectivity index (χ3v) is 2.30. The van der Waals surface area contributed by atoms with E-state index in [4.69, 9.17) is 5.41 Å². The van der Waals surface area contributed by atoms with Gasteiger partial charge in [0.15, 0.2) is 0 Å². The van der Waals surface area contributed by atoms with Crippen LogP contribution in [0.15, 0.2) is 36.9 Å². The molecule has 2 rings (SSSR count). The van der Waals surface area contributed by atoms with Gasteiger partial charge in [-0.2, -0.15) is 0 Å². The molecule has 0 spiro atoms.